The molecule has 1 aliphatic heterocycles. The molecule has 4 aromatic rings. The third kappa shape index (κ3) is 9.25. The molecule has 5 rings (SSSR count). The van der Waals surface area contributed by atoms with Crippen molar-refractivity contribution in [2.24, 2.45) is 0 Å². The lowest BCUT2D eigenvalue weighted by Crippen LogP contribution is -2.34. The van der Waals surface area contributed by atoms with Gasteiger partial charge in [0.15, 0.2) is 5.79 Å². The van der Waals surface area contributed by atoms with E-state index in [-0.39, 0.29) is 12.2 Å². The predicted molar refractivity (Wildman–Crippen MR) is 227 cm³/mol. The molecule has 0 aromatic heterocycles. The number of hydrogen-bond acceptors (Lipinski definition) is 2. The highest BCUT2D eigenvalue weighted by molar-refractivity contribution is 7.73. The predicted octanol–water partition coefficient (Wildman–Crippen LogP) is 10.3. The van der Waals surface area contributed by atoms with Crippen LogP contribution in [0.25, 0.3) is 0 Å². The molecule has 2 unspecified atom stereocenters. The van der Waals surface area contributed by atoms with Crippen molar-refractivity contribution in [3.63, 3.8) is 0 Å². The summed E-state index contributed by atoms with van der Waals surface area (Å²) in [6.07, 6.45) is 10.5. The van der Waals surface area contributed by atoms with Crippen LogP contribution in [0.2, 0.25) is 0 Å². The zero-order chi connectivity index (χ0) is 36.7. The molecule has 0 bridgehead atoms. The minimum atomic E-state index is -0.669. The molecular weight excluding hydrogens is 658 g/mol. The van der Waals surface area contributed by atoms with E-state index in [9.17, 15) is 0 Å². The van der Waals surface area contributed by atoms with Crippen molar-refractivity contribution in [2.45, 2.75) is 139 Å². The zero-order valence-corrected chi connectivity index (χ0v) is 35.2. The van der Waals surface area contributed by atoms with Gasteiger partial charge in [-0.1, -0.05) is 128 Å². The molecule has 0 amide bonds. The van der Waals surface area contributed by atoms with Gasteiger partial charge in [0.2, 0.25) is 0 Å². The van der Waals surface area contributed by atoms with Gasteiger partial charge in [-0.2, -0.15) is 0 Å². The summed E-state index contributed by atoms with van der Waals surface area (Å²) in [4.78, 5) is 0. The second kappa shape index (κ2) is 18.1. The molecule has 51 heavy (non-hydrogen) atoms. The number of aryl methyl sites for hydroxylation is 8. The Hall–Kier alpha value is -2.34. The zero-order valence-electron chi connectivity index (χ0n) is 33.4. The first kappa shape index (κ1) is 39.9. The maximum absolute atomic E-state index is 6.98. The normalized spacial score (nSPS) is 17.2. The van der Waals surface area contributed by atoms with Crippen molar-refractivity contribution >= 4 is 37.1 Å². The van der Waals surface area contributed by atoms with E-state index in [0.717, 1.165) is 63.7 Å². The van der Waals surface area contributed by atoms with Gasteiger partial charge in [0.05, 0.1) is 12.2 Å². The summed E-state index contributed by atoms with van der Waals surface area (Å²) in [5, 5.41) is 5.85. The smallest absolute Gasteiger partial charge is 0.163 e. The Bertz CT molecular complexity index is 1520. The Morgan fingerprint density at radius 3 is 0.843 bits per heavy atom. The van der Waals surface area contributed by atoms with Crippen LogP contribution in [-0.4, -0.2) is 30.3 Å². The molecule has 2 atom stereocenters. The molecule has 1 fully saturated rings. The third-order valence-corrected chi connectivity index (χ3v) is 16.1. The van der Waals surface area contributed by atoms with E-state index in [0.29, 0.717) is 0 Å². The van der Waals surface area contributed by atoms with Gasteiger partial charge in [0.25, 0.3) is 0 Å². The second-order valence-electron chi connectivity index (χ2n) is 14.6. The third-order valence-electron chi connectivity index (χ3n) is 11.1. The molecule has 0 spiro atoms. The maximum Gasteiger partial charge on any atom is 0.163 e. The van der Waals surface area contributed by atoms with Crippen molar-refractivity contribution in [3.05, 3.63) is 117 Å². The van der Waals surface area contributed by atoms with Gasteiger partial charge in [-0.25, -0.2) is 0 Å². The fourth-order valence-corrected chi connectivity index (χ4v) is 13.2. The van der Waals surface area contributed by atoms with Crippen molar-refractivity contribution < 1.29 is 9.47 Å². The molecule has 0 N–H and O–H groups in total. The lowest BCUT2D eigenvalue weighted by Gasteiger charge is -2.29. The van der Waals surface area contributed by atoms with Gasteiger partial charge in [-0.3, -0.25) is 0 Å². The Labute approximate surface area is 313 Å². The van der Waals surface area contributed by atoms with Crippen LogP contribution < -0.4 is 21.2 Å². The van der Waals surface area contributed by atoms with Crippen LogP contribution in [0, 0.1) is 0 Å². The van der Waals surface area contributed by atoms with Crippen molar-refractivity contribution in [1.29, 1.82) is 0 Å². The highest BCUT2D eigenvalue weighted by Gasteiger charge is 2.44. The van der Waals surface area contributed by atoms with Crippen molar-refractivity contribution in [1.82, 2.24) is 0 Å². The van der Waals surface area contributed by atoms with Crippen LogP contribution in [0.5, 0.6) is 0 Å². The van der Waals surface area contributed by atoms with Gasteiger partial charge in [0, 0.05) is 12.3 Å². The topological polar surface area (TPSA) is 18.5 Å². The van der Waals surface area contributed by atoms with E-state index in [4.69, 9.17) is 9.47 Å². The summed E-state index contributed by atoms with van der Waals surface area (Å²) in [7, 11) is -1.34. The molecule has 4 heteroatoms. The molecule has 2 nitrogen and oxygen atoms in total. The molecule has 1 aliphatic rings. The standard InChI is InChI=1S/C47H64O2P2/c1-11-33-19-23-41(27-37(33)15-5)50(42-24-20-34(12-2)38(16-6)28-42)31-45-46(49-47(9,10)48-45)32-51(43-25-21-35(13-3)39(17-7)29-43)44-26-22-36(14-4)40(18-8)30-44/h19-30,45-46H,11-18,31-32H2,1-10H3. The molecule has 1 saturated heterocycles. The SMILES string of the molecule is CCc1ccc(P(CC2OC(C)(C)OC2CP(c2ccc(CC)c(CC)c2)c2ccc(CC)c(CC)c2)c2ccc(CC)c(CC)c2)cc1CC. The summed E-state index contributed by atoms with van der Waals surface area (Å²) < 4.78 is 14.0. The van der Waals surface area contributed by atoms with E-state index >= 15 is 0 Å². The van der Waals surface area contributed by atoms with Crippen molar-refractivity contribution in [3.8, 4) is 0 Å². The number of rotatable bonds is 16. The summed E-state index contributed by atoms with van der Waals surface area (Å²) >= 11 is 0. The van der Waals surface area contributed by atoms with Crippen LogP contribution in [0.1, 0.15) is 114 Å². The van der Waals surface area contributed by atoms with Crippen LogP contribution in [0.3, 0.4) is 0 Å². The summed E-state index contributed by atoms with van der Waals surface area (Å²) in [5.74, 6) is -0.625. The molecule has 0 aliphatic carbocycles. The number of hydrogen-bond donors (Lipinski definition) is 0. The molecule has 0 radical (unpaired) electrons. The van der Waals surface area contributed by atoms with Gasteiger partial charge in [-0.05, 0) is 147 Å². The summed E-state index contributed by atoms with van der Waals surface area (Å²) in [6.45, 7) is 22.6. The average Bonchev–Trinajstić information content (AvgIpc) is 3.46. The Balaban J connectivity index is 1.59. The molecular formula is C47H64O2P2. The lowest BCUT2D eigenvalue weighted by molar-refractivity contribution is -0.142. The Kier molecular flexibility index (Phi) is 14.2. The minimum Gasteiger partial charge on any atom is -0.344 e. The molecule has 0 saturated carbocycles. The first-order chi connectivity index (χ1) is 24.6. The quantitative estimate of drug-likeness (QED) is 0.107. The van der Waals surface area contributed by atoms with Gasteiger partial charge >= 0.3 is 0 Å². The number of ether oxygens (including phenoxy) is 2. The molecule has 1 heterocycles. The Morgan fingerprint density at radius 1 is 0.392 bits per heavy atom. The fraction of sp³-hybridized carbons (Fsp3) is 0.489. The summed E-state index contributed by atoms with van der Waals surface area (Å²) in [5.41, 5.74) is 11.8. The van der Waals surface area contributed by atoms with Crippen molar-refractivity contribution in [2.75, 3.05) is 12.3 Å². The van der Waals surface area contributed by atoms with Crippen LogP contribution in [0.4, 0.5) is 0 Å². The van der Waals surface area contributed by atoms with Gasteiger partial charge in [0.1, 0.15) is 0 Å². The highest BCUT2D eigenvalue weighted by atomic mass is 31.1. The average molecular weight is 723 g/mol. The molecule has 274 valence electrons. The maximum atomic E-state index is 6.98. The minimum absolute atomic E-state index is 0.00379. The first-order valence-electron chi connectivity index (χ1n) is 20.0. The first-order valence-corrected chi connectivity index (χ1v) is 23.0. The Morgan fingerprint density at radius 2 is 0.627 bits per heavy atom. The van der Waals surface area contributed by atoms with E-state index in [1.807, 2.05) is 0 Å². The van der Waals surface area contributed by atoms with Crippen LogP contribution in [0.15, 0.2) is 72.8 Å². The van der Waals surface area contributed by atoms with E-state index < -0.39 is 21.6 Å². The van der Waals surface area contributed by atoms with E-state index in [1.54, 1.807) is 0 Å². The van der Waals surface area contributed by atoms with Crippen LogP contribution in [-0.2, 0) is 60.8 Å². The van der Waals surface area contributed by atoms with E-state index in [1.165, 1.54) is 65.7 Å². The van der Waals surface area contributed by atoms with Gasteiger partial charge < -0.3 is 9.47 Å². The lowest BCUT2D eigenvalue weighted by atomic mass is 10.0. The largest absolute Gasteiger partial charge is 0.344 e. The van der Waals surface area contributed by atoms with Crippen LogP contribution >= 0.6 is 15.8 Å². The van der Waals surface area contributed by atoms with Gasteiger partial charge in [-0.15, -0.1) is 0 Å². The highest BCUT2D eigenvalue weighted by Crippen LogP contribution is 2.45. The van der Waals surface area contributed by atoms with E-state index in [2.05, 4.69) is 142 Å². The fourth-order valence-electron chi connectivity index (χ4n) is 8.12. The summed E-state index contributed by atoms with van der Waals surface area (Å²) in [6, 6.07) is 29.4. The number of benzene rings is 4. The molecule has 4 aromatic carbocycles. The second-order valence-corrected chi connectivity index (χ2v) is 19.1. The monoisotopic (exact) mass is 722 g/mol.